The Hall–Kier alpha value is -1.31. The summed E-state index contributed by atoms with van der Waals surface area (Å²) in [6.07, 6.45) is 1.61. The van der Waals surface area contributed by atoms with Gasteiger partial charge in [0.2, 0.25) is 0 Å². The molecule has 2 amide bonds. The maximum atomic E-state index is 12.3. The number of benzene rings is 1. The van der Waals surface area contributed by atoms with Crippen LogP contribution in [-0.4, -0.2) is 36.6 Å². The molecule has 1 fully saturated rings. The summed E-state index contributed by atoms with van der Waals surface area (Å²) in [4.78, 5) is 25.8. The fourth-order valence-corrected chi connectivity index (χ4v) is 2.89. The summed E-state index contributed by atoms with van der Waals surface area (Å²) in [6.45, 7) is 3.27. The molecule has 0 aliphatic carbocycles. The monoisotopic (exact) mass is 402 g/mol. The van der Waals surface area contributed by atoms with Gasteiger partial charge in [-0.15, -0.1) is 0 Å². The number of para-hydroxylation sites is 1. The number of hydrogen-bond acceptors (Lipinski definition) is 3. The SMILES string of the molecule is CCOC(=O)C1CCCN(C(=O)Nc2ccccc2I)C1. The zero-order valence-electron chi connectivity index (χ0n) is 12.0. The van der Waals surface area contributed by atoms with E-state index in [4.69, 9.17) is 4.74 Å². The lowest BCUT2D eigenvalue weighted by molar-refractivity contribution is -0.149. The largest absolute Gasteiger partial charge is 0.466 e. The summed E-state index contributed by atoms with van der Waals surface area (Å²) in [7, 11) is 0. The van der Waals surface area contributed by atoms with E-state index < -0.39 is 0 Å². The minimum Gasteiger partial charge on any atom is -0.466 e. The summed E-state index contributed by atoms with van der Waals surface area (Å²) in [6, 6.07) is 7.46. The Kier molecular flexibility index (Phi) is 5.84. The minimum absolute atomic E-state index is 0.159. The number of rotatable bonds is 3. The average Bonchev–Trinajstić information content (AvgIpc) is 2.50. The van der Waals surface area contributed by atoms with E-state index in [1.807, 2.05) is 24.3 Å². The lowest BCUT2D eigenvalue weighted by Crippen LogP contribution is -2.44. The van der Waals surface area contributed by atoms with Gasteiger partial charge in [0, 0.05) is 16.7 Å². The van der Waals surface area contributed by atoms with Crippen LogP contribution in [0, 0.1) is 9.49 Å². The molecule has 0 radical (unpaired) electrons. The molecule has 1 aliphatic heterocycles. The van der Waals surface area contributed by atoms with Crippen LogP contribution in [0.5, 0.6) is 0 Å². The highest BCUT2D eigenvalue weighted by Crippen LogP contribution is 2.21. The van der Waals surface area contributed by atoms with Crippen LogP contribution < -0.4 is 5.32 Å². The summed E-state index contributed by atoms with van der Waals surface area (Å²) < 4.78 is 6.04. The van der Waals surface area contributed by atoms with E-state index in [2.05, 4.69) is 27.9 Å². The highest BCUT2D eigenvalue weighted by atomic mass is 127. The predicted octanol–water partition coefficient (Wildman–Crippen LogP) is 3.10. The third kappa shape index (κ3) is 4.33. The number of hydrogen-bond donors (Lipinski definition) is 1. The Bertz CT molecular complexity index is 521. The van der Waals surface area contributed by atoms with Crippen molar-refractivity contribution < 1.29 is 14.3 Å². The maximum Gasteiger partial charge on any atom is 0.321 e. The number of piperidine rings is 1. The van der Waals surface area contributed by atoms with Gasteiger partial charge in [0.1, 0.15) is 0 Å². The van der Waals surface area contributed by atoms with E-state index in [1.165, 1.54) is 0 Å². The summed E-state index contributed by atoms with van der Waals surface area (Å²) in [5.41, 5.74) is 0.793. The van der Waals surface area contributed by atoms with Crippen molar-refractivity contribution in [1.29, 1.82) is 0 Å². The molecule has 1 atom stereocenters. The maximum absolute atomic E-state index is 12.3. The number of nitrogens with one attached hydrogen (secondary N) is 1. The number of carbonyl (C=O) groups excluding carboxylic acids is 2. The van der Waals surface area contributed by atoms with Crippen LogP contribution in [0.2, 0.25) is 0 Å². The van der Waals surface area contributed by atoms with Crippen LogP contribution in [0.15, 0.2) is 24.3 Å². The van der Waals surface area contributed by atoms with E-state index in [0.717, 1.165) is 22.1 Å². The second-order valence-electron chi connectivity index (χ2n) is 4.95. The first kappa shape index (κ1) is 16.1. The van der Waals surface area contributed by atoms with Crippen molar-refractivity contribution in [2.24, 2.45) is 5.92 Å². The van der Waals surface area contributed by atoms with Crippen LogP contribution in [0.3, 0.4) is 0 Å². The first-order valence-corrected chi connectivity index (χ1v) is 8.16. The van der Waals surface area contributed by atoms with Gasteiger partial charge in [-0.1, -0.05) is 12.1 Å². The Morgan fingerprint density at radius 1 is 1.43 bits per heavy atom. The number of halogens is 1. The molecule has 1 aliphatic rings. The first-order chi connectivity index (χ1) is 10.1. The van der Waals surface area contributed by atoms with Crippen molar-refractivity contribution in [3.63, 3.8) is 0 Å². The van der Waals surface area contributed by atoms with Gasteiger partial charge in [-0.2, -0.15) is 0 Å². The first-order valence-electron chi connectivity index (χ1n) is 7.09. The Morgan fingerprint density at radius 2 is 2.19 bits per heavy atom. The van der Waals surface area contributed by atoms with Gasteiger partial charge in [0.25, 0.3) is 0 Å². The molecule has 0 aromatic heterocycles. The van der Waals surface area contributed by atoms with E-state index in [1.54, 1.807) is 11.8 Å². The number of ether oxygens (including phenoxy) is 1. The quantitative estimate of drug-likeness (QED) is 0.625. The van der Waals surface area contributed by atoms with Gasteiger partial charge in [0.15, 0.2) is 0 Å². The van der Waals surface area contributed by atoms with Crippen molar-refractivity contribution in [2.45, 2.75) is 19.8 Å². The molecule has 1 N–H and O–H groups in total. The zero-order chi connectivity index (χ0) is 15.2. The van der Waals surface area contributed by atoms with Gasteiger partial charge in [-0.05, 0) is 54.5 Å². The minimum atomic E-state index is -0.209. The second-order valence-corrected chi connectivity index (χ2v) is 6.11. The highest BCUT2D eigenvalue weighted by molar-refractivity contribution is 14.1. The number of carbonyl (C=O) groups is 2. The molecule has 1 aromatic carbocycles. The van der Waals surface area contributed by atoms with Gasteiger partial charge in [-0.3, -0.25) is 4.79 Å². The van der Waals surface area contributed by atoms with Crippen molar-refractivity contribution >= 4 is 40.3 Å². The Balaban J connectivity index is 1.96. The zero-order valence-corrected chi connectivity index (χ0v) is 14.1. The molecule has 1 aromatic rings. The van der Waals surface area contributed by atoms with Crippen molar-refractivity contribution in [3.05, 3.63) is 27.8 Å². The van der Waals surface area contributed by atoms with Gasteiger partial charge in [0.05, 0.1) is 18.2 Å². The number of urea groups is 1. The van der Waals surface area contributed by atoms with Crippen molar-refractivity contribution in [3.8, 4) is 0 Å². The molecule has 21 heavy (non-hydrogen) atoms. The normalized spacial score (nSPS) is 18.2. The average molecular weight is 402 g/mol. The molecule has 0 bridgehead atoms. The predicted molar refractivity (Wildman–Crippen MR) is 89.1 cm³/mol. The van der Waals surface area contributed by atoms with Gasteiger partial charge >= 0.3 is 12.0 Å². The Labute approximate surface area is 138 Å². The molecule has 1 saturated heterocycles. The fraction of sp³-hybridized carbons (Fsp3) is 0.467. The summed E-state index contributed by atoms with van der Waals surface area (Å²) in [5.74, 6) is -0.413. The summed E-state index contributed by atoms with van der Waals surface area (Å²) >= 11 is 2.18. The number of likely N-dealkylation sites (tertiary alicyclic amines) is 1. The van der Waals surface area contributed by atoms with Gasteiger partial charge in [-0.25, -0.2) is 4.79 Å². The van der Waals surface area contributed by atoms with Gasteiger partial charge < -0.3 is 15.0 Å². The molecule has 114 valence electrons. The van der Waals surface area contributed by atoms with E-state index in [0.29, 0.717) is 19.7 Å². The van der Waals surface area contributed by atoms with E-state index >= 15 is 0 Å². The fourth-order valence-electron chi connectivity index (χ4n) is 2.37. The third-order valence-electron chi connectivity index (χ3n) is 3.44. The smallest absolute Gasteiger partial charge is 0.321 e. The number of amides is 2. The molecule has 2 rings (SSSR count). The lowest BCUT2D eigenvalue weighted by Gasteiger charge is -2.31. The van der Waals surface area contributed by atoms with E-state index in [-0.39, 0.29) is 17.9 Å². The number of esters is 1. The molecule has 0 spiro atoms. The van der Waals surface area contributed by atoms with Crippen LogP contribution >= 0.6 is 22.6 Å². The Morgan fingerprint density at radius 3 is 2.90 bits per heavy atom. The van der Waals surface area contributed by atoms with Crippen molar-refractivity contribution in [1.82, 2.24) is 4.90 Å². The number of nitrogens with zero attached hydrogens (tertiary/aromatic N) is 1. The molecule has 0 saturated carbocycles. The molecule has 1 heterocycles. The molecule has 6 heteroatoms. The van der Waals surface area contributed by atoms with Crippen LogP contribution in [0.25, 0.3) is 0 Å². The van der Waals surface area contributed by atoms with E-state index in [9.17, 15) is 9.59 Å². The molecule has 5 nitrogen and oxygen atoms in total. The van der Waals surface area contributed by atoms with Crippen LogP contribution in [0.1, 0.15) is 19.8 Å². The topological polar surface area (TPSA) is 58.6 Å². The van der Waals surface area contributed by atoms with Crippen molar-refractivity contribution in [2.75, 3.05) is 25.0 Å². The number of anilines is 1. The van der Waals surface area contributed by atoms with Crippen LogP contribution in [0.4, 0.5) is 10.5 Å². The van der Waals surface area contributed by atoms with Crippen LogP contribution in [-0.2, 0) is 9.53 Å². The lowest BCUT2D eigenvalue weighted by atomic mass is 9.98. The second kappa shape index (κ2) is 7.63. The standard InChI is InChI=1S/C15H19IN2O3/c1-2-21-14(19)11-6-5-9-18(10-11)15(20)17-13-8-4-3-7-12(13)16/h3-4,7-8,11H,2,5-6,9-10H2,1H3,(H,17,20). The highest BCUT2D eigenvalue weighted by Gasteiger charge is 2.29. The molecular weight excluding hydrogens is 383 g/mol. The summed E-state index contributed by atoms with van der Waals surface area (Å²) in [5, 5.41) is 2.90. The molecular formula is C15H19IN2O3. The third-order valence-corrected chi connectivity index (χ3v) is 4.38. The molecule has 1 unspecified atom stereocenters.